The molecule has 8 nitrogen and oxygen atoms in total. The fraction of sp³-hybridized carbons (Fsp3) is 0.391. The lowest BCUT2D eigenvalue weighted by Gasteiger charge is -2.22. The van der Waals surface area contributed by atoms with Gasteiger partial charge in [0.25, 0.3) is 5.56 Å². The van der Waals surface area contributed by atoms with Gasteiger partial charge in [0.1, 0.15) is 29.6 Å². The molecule has 0 atom stereocenters. The molecule has 0 aliphatic carbocycles. The molecular formula is C23H27N3O5. The largest absolute Gasteiger partial charge is 0.462 e. The summed E-state index contributed by atoms with van der Waals surface area (Å²) in [5.41, 5.74) is 1.77. The van der Waals surface area contributed by atoms with Gasteiger partial charge in [-0.1, -0.05) is 36.8 Å². The van der Waals surface area contributed by atoms with E-state index < -0.39 is 11.5 Å². The number of esters is 1. The molecule has 0 unspecified atom stereocenters. The van der Waals surface area contributed by atoms with Gasteiger partial charge in [-0.25, -0.2) is 9.78 Å². The molecule has 0 aliphatic rings. The molecule has 1 amide bonds. The lowest BCUT2D eigenvalue weighted by atomic mass is 10.1. The quantitative estimate of drug-likeness (QED) is 0.514. The van der Waals surface area contributed by atoms with Crippen molar-refractivity contribution >= 4 is 23.0 Å². The van der Waals surface area contributed by atoms with Gasteiger partial charge in [0.05, 0.1) is 6.61 Å². The van der Waals surface area contributed by atoms with Gasteiger partial charge in [-0.05, 0) is 32.8 Å². The third-order valence-corrected chi connectivity index (χ3v) is 4.98. The Hall–Kier alpha value is -3.42. The summed E-state index contributed by atoms with van der Waals surface area (Å²) < 4.78 is 11.7. The van der Waals surface area contributed by atoms with E-state index in [-0.39, 0.29) is 41.5 Å². The topological polar surface area (TPSA) is 94.6 Å². The monoisotopic (exact) mass is 425 g/mol. The Morgan fingerprint density at radius 2 is 1.87 bits per heavy atom. The summed E-state index contributed by atoms with van der Waals surface area (Å²) in [5, 5.41) is 0.0341. The van der Waals surface area contributed by atoms with Gasteiger partial charge in [-0.3, -0.25) is 14.2 Å². The average molecular weight is 425 g/mol. The number of nitrogens with zero attached hydrogens (tertiary/aromatic N) is 3. The van der Waals surface area contributed by atoms with Crippen LogP contribution in [-0.2, 0) is 22.6 Å². The second kappa shape index (κ2) is 9.59. The van der Waals surface area contributed by atoms with Crippen LogP contribution in [0, 0.1) is 13.8 Å². The smallest absolute Gasteiger partial charge is 0.342 e. The summed E-state index contributed by atoms with van der Waals surface area (Å²) in [6.45, 7) is 8.27. The molecule has 2 heterocycles. The predicted molar refractivity (Wildman–Crippen MR) is 116 cm³/mol. The molecule has 164 valence electrons. The zero-order chi connectivity index (χ0) is 22.5. The Morgan fingerprint density at radius 1 is 1.16 bits per heavy atom. The number of hydrogen-bond acceptors (Lipinski definition) is 6. The van der Waals surface area contributed by atoms with Crippen LogP contribution in [0.4, 0.5) is 0 Å². The average Bonchev–Trinajstić information content (AvgIpc) is 3.08. The summed E-state index contributed by atoms with van der Waals surface area (Å²) in [6, 6.07) is 7.99. The van der Waals surface area contributed by atoms with Crippen LogP contribution >= 0.6 is 0 Å². The summed E-state index contributed by atoms with van der Waals surface area (Å²) in [6.07, 6.45) is 2.06. The van der Waals surface area contributed by atoms with Gasteiger partial charge in [-0.2, -0.15) is 0 Å². The molecule has 3 aromatic rings. The van der Waals surface area contributed by atoms with Crippen LogP contribution in [0.2, 0.25) is 0 Å². The van der Waals surface area contributed by atoms with E-state index in [1.54, 1.807) is 18.7 Å². The number of benzene rings is 1. The van der Waals surface area contributed by atoms with Gasteiger partial charge < -0.3 is 14.1 Å². The zero-order valence-electron chi connectivity index (χ0n) is 18.3. The molecular weight excluding hydrogens is 398 g/mol. The number of carbonyl (C=O) groups excluding carboxylic acids is 2. The molecule has 1 aromatic carbocycles. The number of aromatic nitrogens is 2. The van der Waals surface area contributed by atoms with E-state index in [0.29, 0.717) is 13.1 Å². The van der Waals surface area contributed by atoms with Crippen LogP contribution in [0.1, 0.15) is 47.5 Å². The van der Waals surface area contributed by atoms with Crippen molar-refractivity contribution in [1.29, 1.82) is 0 Å². The molecule has 3 rings (SSSR count). The molecule has 2 aromatic heterocycles. The van der Waals surface area contributed by atoms with Crippen molar-refractivity contribution in [2.24, 2.45) is 0 Å². The van der Waals surface area contributed by atoms with Crippen molar-refractivity contribution < 1.29 is 18.7 Å². The van der Waals surface area contributed by atoms with Crippen molar-refractivity contribution in [3.8, 4) is 0 Å². The number of hydrogen-bond donors (Lipinski definition) is 0. The van der Waals surface area contributed by atoms with E-state index in [4.69, 9.17) is 9.15 Å². The lowest BCUT2D eigenvalue weighted by Crippen LogP contribution is -2.36. The Kier molecular flexibility index (Phi) is 6.89. The molecule has 31 heavy (non-hydrogen) atoms. The number of rotatable bonds is 8. The first-order chi connectivity index (χ1) is 14.8. The fourth-order valence-corrected chi connectivity index (χ4v) is 3.42. The number of ether oxygens (including phenoxy) is 1. The van der Waals surface area contributed by atoms with Crippen LogP contribution in [0.5, 0.6) is 0 Å². The molecule has 0 N–H and O–H groups in total. The Morgan fingerprint density at radius 3 is 2.52 bits per heavy atom. The summed E-state index contributed by atoms with van der Waals surface area (Å²) in [4.78, 5) is 44.2. The third kappa shape index (κ3) is 4.84. The van der Waals surface area contributed by atoms with Gasteiger partial charge >= 0.3 is 5.97 Å². The Labute approximate surface area is 180 Å². The molecule has 0 spiro atoms. The molecule has 0 aliphatic heterocycles. The number of fused-ring (bicyclic) bond motifs is 1. The maximum atomic E-state index is 13.1. The second-order valence-electron chi connectivity index (χ2n) is 7.41. The molecule has 0 radical (unpaired) electrons. The third-order valence-electron chi connectivity index (χ3n) is 4.98. The van der Waals surface area contributed by atoms with Gasteiger partial charge in [0.15, 0.2) is 0 Å². The number of aryl methyl sites for hydroxylation is 2. The van der Waals surface area contributed by atoms with E-state index >= 15 is 0 Å². The highest BCUT2D eigenvalue weighted by molar-refractivity contribution is 6.03. The molecule has 0 fully saturated rings. The number of amides is 1. The molecule has 8 heteroatoms. The van der Waals surface area contributed by atoms with Crippen molar-refractivity contribution in [3.63, 3.8) is 0 Å². The molecule has 0 saturated heterocycles. The fourth-order valence-electron chi connectivity index (χ4n) is 3.42. The van der Waals surface area contributed by atoms with Crippen LogP contribution in [0.3, 0.4) is 0 Å². The highest BCUT2D eigenvalue weighted by Crippen LogP contribution is 2.21. The number of carbonyl (C=O) groups is 2. The highest BCUT2D eigenvalue weighted by atomic mass is 16.5. The second-order valence-corrected chi connectivity index (χ2v) is 7.41. The van der Waals surface area contributed by atoms with Crippen LogP contribution in [0.25, 0.3) is 11.1 Å². The van der Waals surface area contributed by atoms with E-state index in [0.717, 1.165) is 17.5 Å². The van der Waals surface area contributed by atoms with Crippen molar-refractivity contribution in [1.82, 2.24) is 14.5 Å². The van der Waals surface area contributed by atoms with E-state index in [1.165, 1.54) is 10.9 Å². The van der Waals surface area contributed by atoms with Crippen LogP contribution < -0.4 is 5.56 Å². The summed E-state index contributed by atoms with van der Waals surface area (Å²) >= 11 is 0. The summed E-state index contributed by atoms with van der Waals surface area (Å²) in [5.74, 6) is -0.591. The highest BCUT2D eigenvalue weighted by Gasteiger charge is 2.24. The van der Waals surface area contributed by atoms with Gasteiger partial charge in [0, 0.05) is 13.1 Å². The standard InChI is InChI=1S/C23H27N3O5/c1-5-11-25(12-17-9-7-15(3)8-10-17)18(27)13-26-14-24-21-20(22(26)28)19(16(4)31-21)23(29)30-6-2/h7-10,14H,5-6,11-13H2,1-4H3. The minimum atomic E-state index is -0.645. The van der Waals surface area contributed by atoms with E-state index in [9.17, 15) is 14.4 Å². The zero-order valence-corrected chi connectivity index (χ0v) is 18.3. The van der Waals surface area contributed by atoms with Crippen LogP contribution in [-0.4, -0.2) is 39.5 Å². The van der Waals surface area contributed by atoms with Gasteiger partial charge in [0.2, 0.25) is 11.6 Å². The first kappa shape index (κ1) is 22.3. The van der Waals surface area contributed by atoms with Crippen molar-refractivity contribution in [3.05, 3.63) is 63.4 Å². The normalized spacial score (nSPS) is 11.0. The van der Waals surface area contributed by atoms with Gasteiger partial charge in [-0.15, -0.1) is 0 Å². The minimum absolute atomic E-state index is 0.0341. The molecule has 0 saturated carbocycles. The predicted octanol–water partition coefficient (Wildman–Crippen LogP) is 3.22. The first-order valence-electron chi connectivity index (χ1n) is 10.3. The minimum Gasteiger partial charge on any atom is -0.462 e. The SMILES string of the molecule is CCCN(Cc1ccc(C)cc1)C(=O)Cn1cnc2oc(C)c(C(=O)OCC)c2c1=O. The Bertz CT molecular complexity index is 1140. The maximum Gasteiger partial charge on any atom is 0.342 e. The number of furan rings is 1. The maximum absolute atomic E-state index is 13.1. The lowest BCUT2D eigenvalue weighted by molar-refractivity contribution is -0.132. The molecule has 0 bridgehead atoms. The van der Waals surface area contributed by atoms with Crippen molar-refractivity contribution in [2.45, 2.75) is 47.2 Å². The van der Waals surface area contributed by atoms with E-state index in [2.05, 4.69) is 4.98 Å². The van der Waals surface area contributed by atoms with Crippen LogP contribution in [0.15, 0.2) is 39.8 Å². The van der Waals surface area contributed by atoms with E-state index in [1.807, 2.05) is 38.1 Å². The first-order valence-corrected chi connectivity index (χ1v) is 10.3. The Balaban J connectivity index is 1.90. The van der Waals surface area contributed by atoms with Crippen molar-refractivity contribution in [2.75, 3.05) is 13.2 Å². The summed E-state index contributed by atoms with van der Waals surface area (Å²) in [7, 11) is 0.